The summed E-state index contributed by atoms with van der Waals surface area (Å²) in [5.41, 5.74) is 2.30. The second-order valence-electron chi connectivity index (χ2n) is 8.27. The van der Waals surface area contributed by atoms with Crippen LogP contribution in [-0.2, 0) is 10.3 Å². The maximum absolute atomic E-state index is 13.5. The lowest BCUT2D eigenvalue weighted by Crippen LogP contribution is -2.53. The van der Waals surface area contributed by atoms with E-state index >= 15 is 0 Å². The van der Waals surface area contributed by atoms with Crippen LogP contribution in [0.2, 0.25) is 5.02 Å². The van der Waals surface area contributed by atoms with E-state index in [2.05, 4.69) is 18.0 Å². The highest BCUT2D eigenvalue weighted by atomic mass is 35.5. The quantitative estimate of drug-likeness (QED) is 0.524. The summed E-state index contributed by atoms with van der Waals surface area (Å²) in [4.78, 5) is 34.1. The predicted octanol–water partition coefficient (Wildman–Crippen LogP) is 4.19. The fraction of sp³-hybridized carbons (Fsp3) is 0.250. The van der Waals surface area contributed by atoms with Crippen molar-refractivity contribution in [2.75, 3.05) is 30.3 Å². The molecule has 1 atom stereocenters. The molecule has 174 valence electrons. The number of rotatable bonds is 3. The molecule has 2 amide bonds. The van der Waals surface area contributed by atoms with Gasteiger partial charge in [0.2, 0.25) is 5.91 Å². The van der Waals surface area contributed by atoms with Crippen molar-refractivity contribution in [1.82, 2.24) is 14.5 Å². The molecule has 0 aliphatic carbocycles. The first-order chi connectivity index (χ1) is 15.9. The number of aromatic nitrogens is 2. The van der Waals surface area contributed by atoms with Crippen LogP contribution in [0.25, 0.3) is 0 Å². The number of hydrogen-bond acceptors (Lipinski definition) is 5. The van der Waals surface area contributed by atoms with Crippen molar-refractivity contribution in [2.45, 2.75) is 17.6 Å². The highest BCUT2D eigenvalue weighted by Crippen LogP contribution is 2.43. The standard InChI is InChI=1S/C24H20ClN5O2S.ClH/c1-24(17-7-5-16(12-26)6-8-17)15-33-23-27-13-20(30(23)24)22(32)28-9-10-29(21(31)14-28)19-4-2-3-18(25)11-19;/h2-8,11,13H,9-10,14-15H2,1H3;1H. The Hall–Kier alpha value is -2.99. The summed E-state index contributed by atoms with van der Waals surface area (Å²) < 4.78 is 1.97. The van der Waals surface area contributed by atoms with Crippen LogP contribution < -0.4 is 4.90 Å². The van der Waals surface area contributed by atoms with Gasteiger partial charge in [0.25, 0.3) is 5.91 Å². The van der Waals surface area contributed by atoms with Gasteiger partial charge in [0.1, 0.15) is 12.2 Å². The van der Waals surface area contributed by atoms with E-state index in [1.54, 1.807) is 58.1 Å². The Bertz CT molecular complexity index is 1300. The second kappa shape index (κ2) is 9.34. The number of thioether (sulfide) groups is 1. The molecular formula is C24H21Cl2N5O2S. The van der Waals surface area contributed by atoms with Crippen molar-refractivity contribution in [3.8, 4) is 6.07 Å². The smallest absolute Gasteiger partial charge is 0.272 e. The molecule has 0 N–H and O–H groups in total. The van der Waals surface area contributed by atoms with Gasteiger partial charge in [0, 0.05) is 29.6 Å². The van der Waals surface area contributed by atoms with Gasteiger partial charge >= 0.3 is 0 Å². The summed E-state index contributed by atoms with van der Waals surface area (Å²) in [6.07, 6.45) is 1.60. The monoisotopic (exact) mass is 513 g/mol. The van der Waals surface area contributed by atoms with Gasteiger partial charge in [0.05, 0.1) is 23.4 Å². The maximum atomic E-state index is 13.5. The fourth-order valence-electron chi connectivity index (χ4n) is 4.38. The van der Waals surface area contributed by atoms with Gasteiger partial charge in [-0.3, -0.25) is 9.59 Å². The molecule has 1 aromatic heterocycles. The highest BCUT2D eigenvalue weighted by Gasteiger charge is 2.41. The van der Waals surface area contributed by atoms with E-state index in [1.807, 2.05) is 22.8 Å². The molecule has 1 unspecified atom stereocenters. The highest BCUT2D eigenvalue weighted by molar-refractivity contribution is 7.99. The number of nitriles is 1. The van der Waals surface area contributed by atoms with Crippen molar-refractivity contribution >= 4 is 53.3 Å². The first-order valence-corrected chi connectivity index (χ1v) is 11.8. The Balaban J connectivity index is 0.00000274. The largest absolute Gasteiger partial charge is 0.326 e. The molecule has 1 saturated heterocycles. The van der Waals surface area contributed by atoms with Crippen LogP contribution >= 0.6 is 35.8 Å². The van der Waals surface area contributed by atoms with Crippen LogP contribution in [0, 0.1) is 11.3 Å². The molecule has 0 spiro atoms. The molecule has 1 fully saturated rings. The van der Waals surface area contributed by atoms with E-state index in [9.17, 15) is 9.59 Å². The van der Waals surface area contributed by atoms with E-state index < -0.39 is 5.54 Å². The summed E-state index contributed by atoms with van der Waals surface area (Å²) in [6.45, 7) is 2.87. The first kappa shape index (κ1) is 24.1. The van der Waals surface area contributed by atoms with Crippen LogP contribution in [0.1, 0.15) is 28.5 Å². The third-order valence-electron chi connectivity index (χ3n) is 6.19. The fourth-order valence-corrected chi connectivity index (χ4v) is 5.82. The summed E-state index contributed by atoms with van der Waals surface area (Å²) >= 11 is 7.67. The molecule has 2 aromatic carbocycles. The number of imidazole rings is 1. The lowest BCUT2D eigenvalue weighted by Gasteiger charge is -2.35. The van der Waals surface area contributed by atoms with Crippen LogP contribution in [-0.4, -0.2) is 51.7 Å². The Kier molecular flexibility index (Phi) is 6.63. The second-order valence-corrected chi connectivity index (χ2v) is 9.64. The number of benzene rings is 2. The van der Waals surface area contributed by atoms with Crippen molar-refractivity contribution in [1.29, 1.82) is 5.26 Å². The minimum atomic E-state index is -0.484. The van der Waals surface area contributed by atoms with E-state index in [-0.39, 0.29) is 30.8 Å². The Morgan fingerprint density at radius 2 is 1.97 bits per heavy atom. The van der Waals surface area contributed by atoms with Crippen molar-refractivity contribution in [3.63, 3.8) is 0 Å². The number of hydrogen-bond donors (Lipinski definition) is 0. The normalized spacial score (nSPS) is 19.4. The van der Waals surface area contributed by atoms with Crippen molar-refractivity contribution < 1.29 is 9.59 Å². The van der Waals surface area contributed by atoms with Gasteiger partial charge in [-0.2, -0.15) is 5.26 Å². The predicted molar refractivity (Wildman–Crippen MR) is 134 cm³/mol. The Labute approximate surface area is 212 Å². The van der Waals surface area contributed by atoms with Crippen LogP contribution in [0.4, 0.5) is 5.69 Å². The third-order valence-corrected chi connectivity index (χ3v) is 7.68. The number of halogens is 2. The Morgan fingerprint density at radius 1 is 1.21 bits per heavy atom. The van der Waals surface area contributed by atoms with Gasteiger partial charge in [0.15, 0.2) is 5.16 Å². The number of amides is 2. The number of fused-ring (bicyclic) bond motifs is 1. The number of nitrogens with zero attached hydrogens (tertiary/aromatic N) is 5. The van der Waals surface area contributed by atoms with Gasteiger partial charge in [-0.1, -0.05) is 41.6 Å². The molecule has 5 rings (SSSR count). The minimum absolute atomic E-state index is 0. The van der Waals surface area contributed by atoms with Crippen LogP contribution in [0.5, 0.6) is 0 Å². The molecule has 34 heavy (non-hydrogen) atoms. The molecular weight excluding hydrogens is 493 g/mol. The zero-order valence-corrected chi connectivity index (χ0v) is 20.7. The zero-order chi connectivity index (χ0) is 23.2. The van der Waals surface area contributed by atoms with E-state index in [0.717, 1.165) is 22.2 Å². The number of anilines is 1. The summed E-state index contributed by atoms with van der Waals surface area (Å²) in [6, 6.07) is 16.7. The maximum Gasteiger partial charge on any atom is 0.272 e. The molecule has 2 aliphatic heterocycles. The molecule has 3 heterocycles. The topological polar surface area (TPSA) is 82.2 Å². The minimum Gasteiger partial charge on any atom is -0.326 e. The van der Waals surface area contributed by atoms with Gasteiger partial charge in [-0.15, -0.1) is 12.4 Å². The van der Waals surface area contributed by atoms with Crippen LogP contribution in [0.3, 0.4) is 0 Å². The SMILES string of the molecule is CC1(c2ccc(C#N)cc2)CSc2ncc(C(=O)N3CCN(c4cccc(Cl)c4)C(=O)C3)n21.Cl. The van der Waals surface area contributed by atoms with Gasteiger partial charge in [-0.25, -0.2) is 4.98 Å². The van der Waals surface area contributed by atoms with E-state index in [1.165, 1.54) is 0 Å². The lowest BCUT2D eigenvalue weighted by molar-refractivity contribution is -0.120. The van der Waals surface area contributed by atoms with Crippen LogP contribution in [0.15, 0.2) is 59.9 Å². The average Bonchev–Trinajstić information content (AvgIpc) is 3.40. The van der Waals surface area contributed by atoms with E-state index in [0.29, 0.717) is 29.4 Å². The molecule has 10 heteroatoms. The molecule has 0 saturated carbocycles. The van der Waals surface area contributed by atoms with Crippen molar-refractivity contribution in [3.05, 3.63) is 76.6 Å². The molecule has 0 bridgehead atoms. The molecule has 7 nitrogen and oxygen atoms in total. The molecule has 2 aliphatic rings. The number of carbonyl (C=O) groups excluding carboxylic acids is 2. The Morgan fingerprint density at radius 3 is 2.65 bits per heavy atom. The van der Waals surface area contributed by atoms with Crippen molar-refractivity contribution in [2.24, 2.45) is 0 Å². The molecule has 0 radical (unpaired) electrons. The summed E-state index contributed by atoms with van der Waals surface area (Å²) in [7, 11) is 0. The zero-order valence-electron chi connectivity index (χ0n) is 18.3. The summed E-state index contributed by atoms with van der Waals surface area (Å²) in [5, 5.41) is 10.4. The lowest BCUT2D eigenvalue weighted by atomic mass is 9.92. The van der Waals surface area contributed by atoms with Gasteiger partial charge in [-0.05, 0) is 42.8 Å². The molecule has 3 aromatic rings. The first-order valence-electron chi connectivity index (χ1n) is 10.5. The number of carbonyl (C=O) groups is 2. The summed E-state index contributed by atoms with van der Waals surface area (Å²) in [5.74, 6) is 0.363. The van der Waals surface area contributed by atoms with E-state index in [4.69, 9.17) is 16.9 Å². The number of piperazine rings is 1. The average molecular weight is 514 g/mol. The van der Waals surface area contributed by atoms with Gasteiger partial charge < -0.3 is 14.4 Å². The third kappa shape index (κ3) is 4.05.